The van der Waals surface area contributed by atoms with Crippen molar-refractivity contribution < 1.29 is 0 Å². The molecule has 67 heavy (non-hydrogen) atoms. The van der Waals surface area contributed by atoms with Crippen LogP contribution in [0.4, 0.5) is 34.1 Å². The molecule has 0 N–H and O–H groups in total. The third-order valence-corrected chi connectivity index (χ3v) is 15.2. The molecular formula is C63H62N4. The summed E-state index contributed by atoms with van der Waals surface area (Å²) < 4.78 is 0. The van der Waals surface area contributed by atoms with Crippen molar-refractivity contribution in [3.63, 3.8) is 0 Å². The van der Waals surface area contributed by atoms with Gasteiger partial charge in [0, 0.05) is 40.6 Å². The van der Waals surface area contributed by atoms with E-state index in [-0.39, 0.29) is 5.41 Å². The molecule has 4 nitrogen and oxygen atoms in total. The Labute approximate surface area is 398 Å². The van der Waals surface area contributed by atoms with Crippen molar-refractivity contribution in [3.8, 4) is 11.1 Å². The van der Waals surface area contributed by atoms with Gasteiger partial charge in [0.05, 0.1) is 23.8 Å². The van der Waals surface area contributed by atoms with Gasteiger partial charge in [-0.3, -0.25) is 9.97 Å². The Morgan fingerprint density at radius 3 is 1.19 bits per heavy atom. The van der Waals surface area contributed by atoms with Gasteiger partial charge in [0.15, 0.2) is 0 Å². The molecule has 0 amide bonds. The summed E-state index contributed by atoms with van der Waals surface area (Å²) in [4.78, 5) is 14.0. The van der Waals surface area contributed by atoms with Crippen molar-refractivity contribution in [2.45, 2.75) is 108 Å². The number of benzene rings is 6. The quantitative estimate of drug-likeness (QED) is 0.0714. The molecule has 0 unspecified atom stereocenters. The fourth-order valence-corrected chi connectivity index (χ4v) is 11.5. The third kappa shape index (κ3) is 8.95. The number of aromatic nitrogens is 2. The van der Waals surface area contributed by atoms with Crippen LogP contribution in [0, 0.1) is 0 Å². The van der Waals surface area contributed by atoms with Crippen LogP contribution < -0.4 is 9.80 Å². The SMILES string of the molecule is c1ccc(N(c2cccnc2)c2ccc3c(c2)C(CCCCCCc2ccc4c(c2)CC4)(CCCCCCc2ccc4c(c2)CC4)c2cc(N(c4ccccc4)c4cccnc4)ccc2-3)cc1. The third-order valence-electron chi connectivity index (χ3n) is 15.2. The Morgan fingerprint density at radius 2 is 0.791 bits per heavy atom. The van der Waals surface area contributed by atoms with E-state index in [4.69, 9.17) is 0 Å². The number of nitrogens with zero attached hydrogens (tertiary/aromatic N) is 4. The van der Waals surface area contributed by atoms with E-state index in [1.165, 1.54) is 135 Å². The summed E-state index contributed by atoms with van der Waals surface area (Å²) in [5.74, 6) is 0. The summed E-state index contributed by atoms with van der Waals surface area (Å²) in [6.45, 7) is 0. The van der Waals surface area contributed by atoms with Crippen molar-refractivity contribution in [1.29, 1.82) is 0 Å². The summed E-state index contributed by atoms with van der Waals surface area (Å²) in [5, 5.41) is 0. The van der Waals surface area contributed by atoms with Crippen molar-refractivity contribution in [3.05, 3.63) is 227 Å². The van der Waals surface area contributed by atoms with Crippen molar-refractivity contribution in [1.82, 2.24) is 9.97 Å². The van der Waals surface area contributed by atoms with Crippen LogP contribution in [0.3, 0.4) is 0 Å². The summed E-state index contributed by atoms with van der Waals surface area (Å²) in [7, 11) is 0. The first kappa shape index (κ1) is 42.8. The predicted octanol–water partition coefficient (Wildman–Crippen LogP) is 16.3. The van der Waals surface area contributed by atoms with Crippen LogP contribution in [0.2, 0.25) is 0 Å². The van der Waals surface area contributed by atoms with Gasteiger partial charge in [-0.05, 0) is 193 Å². The Bertz CT molecular complexity index is 2650. The van der Waals surface area contributed by atoms with Crippen LogP contribution >= 0.6 is 0 Å². The molecule has 0 spiro atoms. The van der Waals surface area contributed by atoms with E-state index >= 15 is 0 Å². The molecule has 4 heteroatoms. The number of rotatable bonds is 20. The zero-order valence-corrected chi connectivity index (χ0v) is 38.9. The van der Waals surface area contributed by atoms with Gasteiger partial charge < -0.3 is 9.80 Å². The van der Waals surface area contributed by atoms with Gasteiger partial charge in [-0.1, -0.05) is 123 Å². The number of pyridine rings is 2. The van der Waals surface area contributed by atoms with Gasteiger partial charge in [-0.2, -0.15) is 0 Å². The normalized spacial score (nSPS) is 13.7. The number of hydrogen-bond acceptors (Lipinski definition) is 4. The van der Waals surface area contributed by atoms with Gasteiger partial charge in [-0.15, -0.1) is 0 Å². The number of hydrogen-bond donors (Lipinski definition) is 0. The second kappa shape index (κ2) is 19.6. The maximum Gasteiger partial charge on any atom is 0.0644 e. The van der Waals surface area contributed by atoms with E-state index in [1.807, 2.05) is 36.9 Å². The number of anilines is 6. The van der Waals surface area contributed by atoms with Crippen molar-refractivity contribution in [2.75, 3.05) is 9.80 Å². The lowest BCUT2D eigenvalue weighted by atomic mass is 9.70. The molecule has 3 aliphatic carbocycles. The first-order valence-corrected chi connectivity index (χ1v) is 25.2. The van der Waals surface area contributed by atoms with Gasteiger partial charge >= 0.3 is 0 Å². The van der Waals surface area contributed by atoms with Gasteiger partial charge in [-0.25, -0.2) is 0 Å². The zero-order chi connectivity index (χ0) is 44.8. The number of aryl methyl sites for hydroxylation is 6. The van der Waals surface area contributed by atoms with E-state index in [0.717, 1.165) is 35.6 Å². The van der Waals surface area contributed by atoms with E-state index < -0.39 is 0 Å². The fourth-order valence-electron chi connectivity index (χ4n) is 11.5. The second-order valence-corrected chi connectivity index (χ2v) is 19.3. The monoisotopic (exact) mass is 874 g/mol. The largest absolute Gasteiger partial charge is 0.309 e. The molecule has 0 saturated heterocycles. The Morgan fingerprint density at radius 1 is 0.358 bits per heavy atom. The minimum atomic E-state index is -0.158. The van der Waals surface area contributed by atoms with Crippen LogP contribution in [0.1, 0.15) is 109 Å². The lowest BCUT2D eigenvalue weighted by molar-refractivity contribution is 0.399. The van der Waals surface area contributed by atoms with Crippen LogP contribution in [-0.4, -0.2) is 9.97 Å². The average molecular weight is 875 g/mol. The predicted molar refractivity (Wildman–Crippen MR) is 279 cm³/mol. The highest BCUT2D eigenvalue weighted by atomic mass is 15.2. The Hall–Kier alpha value is -6.78. The fraction of sp³-hybridized carbons (Fsp3) is 0.270. The number of unbranched alkanes of at least 4 members (excludes halogenated alkanes) is 6. The molecule has 0 radical (unpaired) electrons. The van der Waals surface area contributed by atoms with E-state index in [0.29, 0.717) is 0 Å². The molecule has 6 aromatic carbocycles. The first-order valence-electron chi connectivity index (χ1n) is 25.2. The topological polar surface area (TPSA) is 32.3 Å². The molecule has 0 bridgehead atoms. The van der Waals surface area contributed by atoms with E-state index in [9.17, 15) is 0 Å². The average Bonchev–Trinajstić information content (AvgIpc) is 3.62. The van der Waals surface area contributed by atoms with Crippen LogP contribution in [0.5, 0.6) is 0 Å². The molecule has 2 aromatic heterocycles. The van der Waals surface area contributed by atoms with Crippen molar-refractivity contribution >= 4 is 34.1 Å². The summed E-state index contributed by atoms with van der Waals surface area (Å²) in [6.07, 6.45) is 27.1. The molecule has 0 aliphatic heterocycles. The van der Waals surface area contributed by atoms with Gasteiger partial charge in [0.25, 0.3) is 0 Å². The summed E-state index contributed by atoms with van der Waals surface area (Å²) >= 11 is 0. The van der Waals surface area contributed by atoms with Crippen LogP contribution in [-0.2, 0) is 43.9 Å². The van der Waals surface area contributed by atoms with Crippen LogP contribution in [0.15, 0.2) is 183 Å². The zero-order valence-electron chi connectivity index (χ0n) is 38.9. The Balaban J connectivity index is 0.957. The highest BCUT2D eigenvalue weighted by Gasteiger charge is 2.43. The number of para-hydroxylation sites is 2. The number of fused-ring (bicyclic) bond motifs is 5. The van der Waals surface area contributed by atoms with E-state index in [1.54, 1.807) is 22.3 Å². The first-order chi connectivity index (χ1) is 33.2. The molecule has 0 saturated carbocycles. The van der Waals surface area contributed by atoms with Gasteiger partial charge in [0.2, 0.25) is 0 Å². The Kier molecular flexibility index (Phi) is 12.5. The van der Waals surface area contributed by atoms with Crippen molar-refractivity contribution in [2.24, 2.45) is 0 Å². The standard InChI is InChI=1S/C63H62N4/c1(7-17-47-25-27-49-29-31-51(49)41-47)3-13-37-63(38-14-4-2-8-18-48-26-28-50-30-32-52(50)42-48)61-43-55(66(53-19-9-5-10-20-53)57-23-15-39-64-45-57)33-35-59(61)60-36-34-56(44-62(60)63)67(54-21-11-6-12-22-54)58-24-16-40-65-46-58/h5-6,9-12,15-16,19-28,33-36,39-46H,1-4,7-8,13-14,17-18,29-32,37-38H2. The molecule has 2 heterocycles. The molecule has 334 valence electrons. The van der Waals surface area contributed by atoms with Gasteiger partial charge in [0.1, 0.15) is 0 Å². The molecule has 11 rings (SSSR count). The smallest absolute Gasteiger partial charge is 0.0644 e. The molecule has 0 fully saturated rings. The maximum absolute atomic E-state index is 4.61. The summed E-state index contributed by atoms with van der Waals surface area (Å²) in [5.41, 5.74) is 21.6. The lowest BCUT2D eigenvalue weighted by Crippen LogP contribution is -2.26. The minimum absolute atomic E-state index is 0.158. The molecular weight excluding hydrogens is 813 g/mol. The second-order valence-electron chi connectivity index (χ2n) is 19.3. The van der Waals surface area contributed by atoms with Crippen LogP contribution in [0.25, 0.3) is 11.1 Å². The maximum atomic E-state index is 4.61. The lowest BCUT2D eigenvalue weighted by Gasteiger charge is -2.35. The molecule has 0 atom stereocenters. The summed E-state index contributed by atoms with van der Waals surface area (Å²) in [6, 6.07) is 59.2. The van der Waals surface area contributed by atoms with E-state index in [2.05, 4.69) is 165 Å². The highest BCUT2D eigenvalue weighted by molar-refractivity contribution is 5.88. The minimum Gasteiger partial charge on any atom is -0.309 e. The molecule has 8 aromatic rings. The highest BCUT2D eigenvalue weighted by Crippen LogP contribution is 2.57. The molecule has 3 aliphatic rings.